The minimum Gasteiger partial charge on any atom is -0.321 e. The predicted octanol–water partition coefficient (Wildman–Crippen LogP) is 4.17. The zero-order chi connectivity index (χ0) is 12.3. The lowest BCUT2D eigenvalue weighted by Gasteiger charge is -2.03. The van der Waals surface area contributed by atoms with Crippen LogP contribution < -0.4 is 5.32 Å². The van der Waals surface area contributed by atoms with E-state index in [1.165, 1.54) is 0 Å². The average Bonchev–Trinajstić information content (AvgIpc) is 2.65. The van der Waals surface area contributed by atoms with E-state index >= 15 is 0 Å². The number of unbranched alkanes of at least 4 members (excludes halogenated alkanes) is 2. The number of para-hydroxylation sites is 1. The molecule has 0 aromatic heterocycles. The van der Waals surface area contributed by atoms with Crippen molar-refractivity contribution in [1.82, 2.24) is 0 Å². The Balaban J connectivity index is 2.25. The van der Waals surface area contributed by atoms with Crippen LogP contribution in [0.2, 0.25) is 0 Å². The first kappa shape index (κ1) is 12.2. The third kappa shape index (κ3) is 2.52. The number of hydrogen-bond acceptors (Lipinski definition) is 1. The summed E-state index contributed by atoms with van der Waals surface area (Å²) >= 11 is 6.26. The van der Waals surface area contributed by atoms with Gasteiger partial charge in [0.15, 0.2) is 0 Å². The largest absolute Gasteiger partial charge is 0.321 e. The molecule has 90 valence electrons. The number of anilines is 1. The second kappa shape index (κ2) is 5.37. The molecule has 0 saturated heterocycles. The maximum atomic E-state index is 11.9. The van der Waals surface area contributed by atoms with Crippen molar-refractivity contribution in [3.05, 3.63) is 34.9 Å². The zero-order valence-corrected chi connectivity index (χ0v) is 10.7. The van der Waals surface area contributed by atoms with Gasteiger partial charge >= 0.3 is 0 Å². The number of nitrogens with one attached hydrogen (secondary N) is 1. The first-order valence-corrected chi connectivity index (χ1v) is 6.41. The second-order valence-corrected chi connectivity index (χ2v) is 4.69. The Bertz CT molecular complexity index is 465. The van der Waals surface area contributed by atoms with E-state index in [0.29, 0.717) is 10.6 Å². The van der Waals surface area contributed by atoms with E-state index in [4.69, 9.17) is 11.6 Å². The molecule has 17 heavy (non-hydrogen) atoms. The van der Waals surface area contributed by atoms with Crippen molar-refractivity contribution in [3.8, 4) is 0 Å². The topological polar surface area (TPSA) is 29.1 Å². The molecule has 1 aromatic carbocycles. The molecule has 0 spiro atoms. The standard InChI is InChI=1S/C14H16ClNO/c1-2-3-4-8-11(15)13-10-7-5-6-9-12(10)16-14(13)17/h5-7,9H,2-4,8H2,1H3,(H,16,17)/b13-11+. The van der Waals surface area contributed by atoms with E-state index in [9.17, 15) is 4.79 Å². The summed E-state index contributed by atoms with van der Waals surface area (Å²) in [4.78, 5) is 11.9. The first-order chi connectivity index (χ1) is 8.24. The van der Waals surface area contributed by atoms with Crippen LogP contribution in [0.25, 0.3) is 5.57 Å². The fraction of sp³-hybridized carbons (Fsp3) is 0.357. The predicted molar refractivity (Wildman–Crippen MR) is 72.0 cm³/mol. The minimum atomic E-state index is -0.0762. The minimum absolute atomic E-state index is 0.0762. The lowest BCUT2D eigenvalue weighted by atomic mass is 10.0. The summed E-state index contributed by atoms with van der Waals surface area (Å²) in [6.07, 6.45) is 4.12. The number of halogens is 1. The highest BCUT2D eigenvalue weighted by Crippen LogP contribution is 2.36. The number of carbonyl (C=O) groups excluding carboxylic acids is 1. The Kier molecular flexibility index (Phi) is 3.85. The van der Waals surface area contributed by atoms with E-state index in [1.807, 2.05) is 24.3 Å². The van der Waals surface area contributed by atoms with Crippen molar-refractivity contribution >= 4 is 28.8 Å². The van der Waals surface area contributed by atoms with Gasteiger partial charge < -0.3 is 5.32 Å². The van der Waals surface area contributed by atoms with Gasteiger partial charge in [-0.15, -0.1) is 0 Å². The van der Waals surface area contributed by atoms with E-state index in [-0.39, 0.29) is 5.91 Å². The van der Waals surface area contributed by atoms with Gasteiger partial charge in [0.25, 0.3) is 5.91 Å². The third-order valence-electron chi connectivity index (χ3n) is 2.94. The Labute approximate surface area is 107 Å². The van der Waals surface area contributed by atoms with Gasteiger partial charge in [-0.3, -0.25) is 4.79 Å². The molecule has 0 radical (unpaired) electrons. The van der Waals surface area contributed by atoms with Gasteiger partial charge in [0.05, 0.1) is 5.57 Å². The van der Waals surface area contributed by atoms with E-state index < -0.39 is 0 Å². The summed E-state index contributed by atoms with van der Waals surface area (Å²) in [5, 5.41) is 3.52. The van der Waals surface area contributed by atoms with Crippen LogP contribution in [0, 0.1) is 0 Å². The summed E-state index contributed by atoms with van der Waals surface area (Å²) < 4.78 is 0. The van der Waals surface area contributed by atoms with Crippen LogP contribution in [-0.2, 0) is 4.79 Å². The van der Waals surface area contributed by atoms with Gasteiger partial charge in [-0.05, 0) is 18.9 Å². The molecule has 2 nitrogen and oxygen atoms in total. The summed E-state index contributed by atoms with van der Waals surface area (Å²) in [5.41, 5.74) is 2.44. The summed E-state index contributed by atoms with van der Waals surface area (Å²) in [6.45, 7) is 2.15. The number of benzene rings is 1. The smallest absolute Gasteiger partial charge is 0.257 e. The molecule has 0 bridgehead atoms. The van der Waals surface area contributed by atoms with E-state index in [0.717, 1.165) is 36.9 Å². The monoisotopic (exact) mass is 249 g/mol. The van der Waals surface area contributed by atoms with Crippen molar-refractivity contribution < 1.29 is 4.79 Å². The number of fused-ring (bicyclic) bond motifs is 1. The van der Waals surface area contributed by atoms with Crippen LogP contribution in [0.3, 0.4) is 0 Å². The quantitative estimate of drug-likeness (QED) is 0.630. The van der Waals surface area contributed by atoms with Crippen molar-refractivity contribution in [2.45, 2.75) is 32.6 Å². The van der Waals surface area contributed by atoms with Gasteiger partial charge in [0.1, 0.15) is 0 Å². The molecule has 1 aliphatic heterocycles. The molecule has 0 aliphatic carbocycles. The summed E-state index contributed by atoms with van der Waals surface area (Å²) in [5.74, 6) is -0.0762. The first-order valence-electron chi connectivity index (χ1n) is 6.03. The van der Waals surface area contributed by atoms with Gasteiger partial charge in [-0.2, -0.15) is 0 Å². The lowest BCUT2D eigenvalue weighted by molar-refractivity contribution is -0.110. The second-order valence-electron chi connectivity index (χ2n) is 4.24. The molecule has 3 heteroatoms. The van der Waals surface area contributed by atoms with Crippen LogP contribution in [0.4, 0.5) is 5.69 Å². The number of hydrogen-bond donors (Lipinski definition) is 1. The highest BCUT2D eigenvalue weighted by molar-refractivity contribution is 6.43. The van der Waals surface area contributed by atoms with Crippen molar-refractivity contribution in [1.29, 1.82) is 0 Å². The Morgan fingerprint density at radius 1 is 1.29 bits per heavy atom. The lowest BCUT2D eigenvalue weighted by Crippen LogP contribution is -2.04. The normalized spacial score (nSPS) is 16.7. The number of amides is 1. The number of rotatable bonds is 4. The van der Waals surface area contributed by atoms with Crippen LogP contribution >= 0.6 is 11.6 Å². The molecule has 0 fully saturated rings. The average molecular weight is 250 g/mol. The molecule has 0 atom stereocenters. The van der Waals surface area contributed by atoms with Crippen LogP contribution in [0.1, 0.15) is 38.2 Å². The third-order valence-corrected chi connectivity index (χ3v) is 3.32. The van der Waals surface area contributed by atoms with Crippen molar-refractivity contribution in [2.75, 3.05) is 5.32 Å². The molecule has 0 unspecified atom stereocenters. The molecule has 1 aromatic rings. The summed E-state index contributed by atoms with van der Waals surface area (Å²) in [7, 11) is 0. The maximum Gasteiger partial charge on any atom is 0.257 e. The highest BCUT2D eigenvalue weighted by Gasteiger charge is 2.25. The molecular weight excluding hydrogens is 234 g/mol. The number of allylic oxidation sites excluding steroid dienone is 1. The molecule has 1 aliphatic rings. The van der Waals surface area contributed by atoms with Crippen LogP contribution in [0.5, 0.6) is 0 Å². The van der Waals surface area contributed by atoms with Crippen molar-refractivity contribution in [2.24, 2.45) is 0 Å². The van der Waals surface area contributed by atoms with E-state index in [1.54, 1.807) is 0 Å². The molecule has 1 amide bonds. The Morgan fingerprint density at radius 2 is 2.06 bits per heavy atom. The fourth-order valence-corrected chi connectivity index (χ4v) is 2.36. The van der Waals surface area contributed by atoms with Crippen molar-refractivity contribution in [3.63, 3.8) is 0 Å². The Morgan fingerprint density at radius 3 is 2.82 bits per heavy atom. The Hall–Kier alpha value is -1.28. The molecular formula is C14H16ClNO. The molecule has 1 heterocycles. The van der Waals surface area contributed by atoms with Gasteiger partial charge in [0, 0.05) is 16.3 Å². The summed E-state index contributed by atoms with van der Waals surface area (Å²) in [6, 6.07) is 7.67. The molecule has 1 N–H and O–H groups in total. The highest BCUT2D eigenvalue weighted by atomic mass is 35.5. The van der Waals surface area contributed by atoms with Gasteiger partial charge in [-0.1, -0.05) is 49.6 Å². The number of carbonyl (C=O) groups is 1. The van der Waals surface area contributed by atoms with Gasteiger partial charge in [-0.25, -0.2) is 0 Å². The zero-order valence-electron chi connectivity index (χ0n) is 9.92. The SMILES string of the molecule is CCCCC/C(Cl)=C1\C(=O)Nc2ccccc21. The van der Waals surface area contributed by atoms with Crippen LogP contribution in [0.15, 0.2) is 29.3 Å². The molecule has 0 saturated carbocycles. The van der Waals surface area contributed by atoms with Crippen LogP contribution in [-0.4, -0.2) is 5.91 Å². The molecule has 2 rings (SSSR count). The maximum absolute atomic E-state index is 11.9. The van der Waals surface area contributed by atoms with Gasteiger partial charge in [0.2, 0.25) is 0 Å². The van der Waals surface area contributed by atoms with E-state index in [2.05, 4.69) is 12.2 Å². The fourth-order valence-electron chi connectivity index (χ4n) is 2.04.